The zero-order valence-corrected chi connectivity index (χ0v) is 14.4. The fourth-order valence-electron chi connectivity index (χ4n) is 2.18. The van der Waals surface area contributed by atoms with Crippen LogP contribution in [-0.2, 0) is 16.6 Å². The minimum absolute atomic E-state index is 0.114. The quantitative estimate of drug-likeness (QED) is 0.766. The zero-order valence-electron chi connectivity index (χ0n) is 14.4. The van der Waals surface area contributed by atoms with Crippen molar-refractivity contribution in [1.82, 2.24) is 24.9 Å². The highest BCUT2D eigenvalue weighted by molar-refractivity contribution is 5.91. The lowest BCUT2D eigenvalue weighted by Gasteiger charge is -2.10. The summed E-state index contributed by atoms with van der Waals surface area (Å²) in [5.74, 6) is 0.999. The number of carbonyl (C=O) groups excluding carboxylic acids is 1. The fraction of sp³-hybridized carbons (Fsp3) is 0.353. The smallest absolute Gasteiger partial charge is 0.227 e. The Labute approximate surface area is 145 Å². The Kier molecular flexibility index (Phi) is 4.60. The SMILES string of the molecule is CC(C)(C)c1noc(CCC(=O)Nc2cccc(-n3cnnc3)c2)n1. The van der Waals surface area contributed by atoms with Crippen LogP contribution in [0.15, 0.2) is 41.4 Å². The average Bonchev–Trinajstić information content (AvgIpc) is 3.24. The highest BCUT2D eigenvalue weighted by atomic mass is 16.5. The van der Waals surface area contributed by atoms with Crippen LogP contribution in [0.2, 0.25) is 0 Å². The van der Waals surface area contributed by atoms with Gasteiger partial charge in [-0.25, -0.2) is 0 Å². The summed E-state index contributed by atoms with van der Waals surface area (Å²) >= 11 is 0. The van der Waals surface area contributed by atoms with Gasteiger partial charge in [0.25, 0.3) is 0 Å². The van der Waals surface area contributed by atoms with Crippen LogP contribution in [0.1, 0.15) is 38.9 Å². The normalized spacial score (nSPS) is 11.5. The third-order valence-electron chi connectivity index (χ3n) is 3.55. The van der Waals surface area contributed by atoms with Crippen LogP contribution in [0.25, 0.3) is 5.69 Å². The van der Waals surface area contributed by atoms with Crippen molar-refractivity contribution in [2.24, 2.45) is 0 Å². The second-order valence-electron chi connectivity index (χ2n) is 6.73. The number of amides is 1. The van der Waals surface area contributed by atoms with E-state index in [0.29, 0.717) is 23.8 Å². The number of nitrogens with one attached hydrogen (secondary N) is 1. The largest absolute Gasteiger partial charge is 0.339 e. The van der Waals surface area contributed by atoms with Crippen molar-refractivity contribution in [1.29, 1.82) is 0 Å². The molecule has 0 spiro atoms. The van der Waals surface area contributed by atoms with E-state index in [2.05, 4.69) is 25.7 Å². The molecule has 8 nitrogen and oxygen atoms in total. The van der Waals surface area contributed by atoms with Crippen molar-refractivity contribution in [2.75, 3.05) is 5.32 Å². The summed E-state index contributed by atoms with van der Waals surface area (Å²) in [5, 5.41) is 14.4. The molecule has 130 valence electrons. The van der Waals surface area contributed by atoms with Gasteiger partial charge in [-0.3, -0.25) is 9.36 Å². The highest BCUT2D eigenvalue weighted by Gasteiger charge is 2.21. The predicted octanol–water partition coefficient (Wildman–Crippen LogP) is 2.52. The van der Waals surface area contributed by atoms with Gasteiger partial charge in [0.05, 0.1) is 5.69 Å². The third kappa shape index (κ3) is 4.28. The third-order valence-corrected chi connectivity index (χ3v) is 3.55. The lowest BCUT2D eigenvalue weighted by Crippen LogP contribution is -2.14. The van der Waals surface area contributed by atoms with E-state index >= 15 is 0 Å². The zero-order chi connectivity index (χ0) is 17.9. The lowest BCUT2D eigenvalue weighted by molar-refractivity contribution is -0.116. The number of anilines is 1. The number of aromatic nitrogens is 5. The molecule has 0 unspecified atom stereocenters. The van der Waals surface area contributed by atoms with Gasteiger partial charge in [-0.2, -0.15) is 4.98 Å². The maximum Gasteiger partial charge on any atom is 0.227 e. The molecule has 0 bridgehead atoms. The summed E-state index contributed by atoms with van der Waals surface area (Å²) in [4.78, 5) is 16.5. The molecule has 0 fully saturated rings. The molecule has 25 heavy (non-hydrogen) atoms. The first-order chi connectivity index (χ1) is 11.9. The Morgan fingerprint density at radius 2 is 2.00 bits per heavy atom. The Hall–Kier alpha value is -3.03. The number of nitrogens with zero attached hydrogens (tertiary/aromatic N) is 5. The monoisotopic (exact) mass is 340 g/mol. The molecule has 1 N–H and O–H groups in total. The van der Waals surface area contributed by atoms with Crippen LogP contribution in [-0.4, -0.2) is 30.8 Å². The molecule has 1 aromatic carbocycles. The molecule has 0 radical (unpaired) electrons. The first-order valence-electron chi connectivity index (χ1n) is 8.00. The standard InChI is InChI=1S/C17H20N6O2/c1-17(2,3)16-21-15(25-22-16)8-7-14(24)20-12-5-4-6-13(9-12)23-10-18-19-11-23/h4-6,9-11H,7-8H2,1-3H3,(H,20,24). The van der Waals surface area contributed by atoms with Gasteiger partial charge in [-0.1, -0.05) is 32.0 Å². The number of hydrogen-bond donors (Lipinski definition) is 1. The van der Waals surface area contributed by atoms with Crippen LogP contribution in [0.4, 0.5) is 5.69 Å². The van der Waals surface area contributed by atoms with Crippen molar-refractivity contribution in [3.05, 3.63) is 48.6 Å². The molecule has 0 saturated carbocycles. The van der Waals surface area contributed by atoms with Crippen molar-refractivity contribution in [3.8, 4) is 5.69 Å². The fourth-order valence-corrected chi connectivity index (χ4v) is 2.18. The first-order valence-corrected chi connectivity index (χ1v) is 8.00. The van der Waals surface area contributed by atoms with Gasteiger partial charge in [-0.05, 0) is 18.2 Å². The minimum Gasteiger partial charge on any atom is -0.339 e. The van der Waals surface area contributed by atoms with Crippen molar-refractivity contribution in [2.45, 2.75) is 39.0 Å². The van der Waals surface area contributed by atoms with Gasteiger partial charge in [0.2, 0.25) is 11.8 Å². The van der Waals surface area contributed by atoms with Gasteiger partial charge in [0.1, 0.15) is 12.7 Å². The van der Waals surface area contributed by atoms with E-state index in [1.54, 1.807) is 17.2 Å². The van der Waals surface area contributed by atoms with E-state index in [1.165, 1.54) is 0 Å². The Morgan fingerprint density at radius 1 is 1.24 bits per heavy atom. The summed E-state index contributed by atoms with van der Waals surface area (Å²) in [6, 6.07) is 7.45. The Bertz CT molecular complexity index is 848. The number of hydrogen-bond acceptors (Lipinski definition) is 6. The van der Waals surface area contributed by atoms with Gasteiger partial charge in [-0.15, -0.1) is 10.2 Å². The molecule has 3 rings (SSSR count). The van der Waals surface area contributed by atoms with Crippen molar-refractivity contribution in [3.63, 3.8) is 0 Å². The number of rotatable bonds is 5. The summed E-state index contributed by atoms with van der Waals surface area (Å²) in [5.41, 5.74) is 1.40. The minimum atomic E-state index is -0.174. The van der Waals surface area contributed by atoms with E-state index in [-0.39, 0.29) is 17.7 Å². The summed E-state index contributed by atoms with van der Waals surface area (Å²) in [6.45, 7) is 6.03. The van der Waals surface area contributed by atoms with Crippen LogP contribution in [0.3, 0.4) is 0 Å². The molecule has 8 heteroatoms. The van der Waals surface area contributed by atoms with Crippen LogP contribution in [0, 0.1) is 0 Å². The van der Waals surface area contributed by atoms with Gasteiger partial charge in [0.15, 0.2) is 5.82 Å². The summed E-state index contributed by atoms with van der Waals surface area (Å²) in [7, 11) is 0. The predicted molar refractivity (Wildman–Crippen MR) is 91.3 cm³/mol. The number of aryl methyl sites for hydroxylation is 1. The van der Waals surface area contributed by atoms with Crippen LogP contribution >= 0.6 is 0 Å². The summed E-state index contributed by atoms with van der Waals surface area (Å²) < 4.78 is 6.97. The average molecular weight is 340 g/mol. The molecule has 1 amide bonds. The van der Waals surface area contributed by atoms with Crippen LogP contribution in [0.5, 0.6) is 0 Å². The lowest BCUT2D eigenvalue weighted by atomic mass is 9.96. The van der Waals surface area contributed by atoms with Crippen molar-refractivity contribution >= 4 is 11.6 Å². The molecule has 0 atom stereocenters. The Morgan fingerprint density at radius 3 is 2.68 bits per heavy atom. The summed E-state index contributed by atoms with van der Waals surface area (Å²) in [6.07, 6.45) is 3.87. The van der Waals surface area contributed by atoms with E-state index in [0.717, 1.165) is 5.69 Å². The molecule has 2 aromatic heterocycles. The molecule has 2 heterocycles. The molecular formula is C17H20N6O2. The highest BCUT2D eigenvalue weighted by Crippen LogP contribution is 2.19. The second-order valence-corrected chi connectivity index (χ2v) is 6.73. The van der Waals surface area contributed by atoms with E-state index in [4.69, 9.17) is 4.52 Å². The molecule has 0 aliphatic carbocycles. The van der Waals surface area contributed by atoms with Gasteiger partial charge >= 0.3 is 0 Å². The molecule has 3 aromatic rings. The molecule has 0 saturated heterocycles. The number of carbonyl (C=O) groups is 1. The van der Waals surface area contributed by atoms with Crippen molar-refractivity contribution < 1.29 is 9.32 Å². The Balaban J connectivity index is 1.58. The van der Waals surface area contributed by atoms with E-state index < -0.39 is 0 Å². The van der Waals surface area contributed by atoms with Gasteiger partial charge in [0, 0.05) is 23.9 Å². The van der Waals surface area contributed by atoms with E-state index in [1.807, 2.05) is 45.0 Å². The molecule has 0 aliphatic rings. The second kappa shape index (κ2) is 6.84. The van der Waals surface area contributed by atoms with E-state index in [9.17, 15) is 4.79 Å². The molecular weight excluding hydrogens is 320 g/mol. The molecule has 0 aliphatic heterocycles. The topological polar surface area (TPSA) is 98.7 Å². The maximum atomic E-state index is 12.2. The van der Waals surface area contributed by atoms with Crippen LogP contribution < -0.4 is 5.32 Å². The maximum absolute atomic E-state index is 12.2. The number of benzene rings is 1. The first kappa shape index (κ1) is 16.8. The van der Waals surface area contributed by atoms with Gasteiger partial charge < -0.3 is 9.84 Å².